The first-order valence-electron chi connectivity index (χ1n) is 4.81. The zero-order valence-electron chi connectivity index (χ0n) is 8.58. The van der Waals surface area contributed by atoms with Crippen LogP contribution >= 0.6 is 0 Å². The summed E-state index contributed by atoms with van der Waals surface area (Å²) in [5, 5.41) is 13.6. The maximum Gasteiger partial charge on any atom is 0.251 e. The lowest BCUT2D eigenvalue weighted by atomic mass is 10.2. The first kappa shape index (κ1) is 11.1. The molecule has 1 rings (SSSR count). The van der Waals surface area contributed by atoms with E-state index in [2.05, 4.69) is 10.6 Å². The minimum Gasteiger partial charge on any atom is -0.352 e. The quantitative estimate of drug-likeness (QED) is 0.578. The van der Waals surface area contributed by atoms with Gasteiger partial charge < -0.3 is 5.32 Å². The number of benzene rings is 1. The Kier molecular flexibility index (Phi) is 4.17. The van der Waals surface area contributed by atoms with Crippen LogP contribution in [-0.4, -0.2) is 12.5 Å². The summed E-state index contributed by atoms with van der Waals surface area (Å²) in [6.07, 6.45) is 2.73. The number of nitriles is 1. The number of carbonyl (C=O) groups is 1. The fraction of sp³-hybridized carbons (Fsp3) is 0.273. The smallest absolute Gasteiger partial charge is 0.251 e. The number of hydrogen-bond donors (Lipinski definition) is 2. The van der Waals surface area contributed by atoms with Gasteiger partial charge in [0.2, 0.25) is 0 Å². The summed E-state index contributed by atoms with van der Waals surface area (Å²) in [4.78, 5) is 11.5. The number of carbonyl (C=O) groups excluding carboxylic acids is 1. The lowest BCUT2D eigenvalue weighted by Gasteiger charge is -2.03. The van der Waals surface area contributed by atoms with Crippen LogP contribution in [-0.2, 0) is 0 Å². The molecule has 1 amide bonds. The summed E-state index contributed by atoms with van der Waals surface area (Å²) < 4.78 is 0. The second-order valence-electron chi connectivity index (χ2n) is 3.07. The summed E-state index contributed by atoms with van der Waals surface area (Å²) in [6.45, 7) is 2.68. The predicted octanol–water partition coefficient (Wildman–Crippen LogP) is 1.72. The van der Waals surface area contributed by atoms with E-state index in [1.54, 1.807) is 24.3 Å². The van der Waals surface area contributed by atoms with Crippen molar-refractivity contribution in [3.05, 3.63) is 29.8 Å². The zero-order valence-corrected chi connectivity index (χ0v) is 8.58. The molecule has 0 aliphatic carbocycles. The summed E-state index contributed by atoms with van der Waals surface area (Å²) >= 11 is 0. The predicted molar refractivity (Wildman–Crippen MR) is 58.3 cm³/mol. The molecule has 0 saturated heterocycles. The maximum atomic E-state index is 11.5. The van der Waals surface area contributed by atoms with Gasteiger partial charge in [-0.1, -0.05) is 6.92 Å². The number of amides is 1. The van der Waals surface area contributed by atoms with Gasteiger partial charge in [0.1, 0.15) is 0 Å². The van der Waals surface area contributed by atoms with Crippen molar-refractivity contribution in [1.82, 2.24) is 5.32 Å². The minimum atomic E-state index is -0.0830. The first-order valence-corrected chi connectivity index (χ1v) is 4.81. The zero-order chi connectivity index (χ0) is 11.1. The van der Waals surface area contributed by atoms with Crippen molar-refractivity contribution < 1.29 is 4.79 Å². The van der Waals surface area contributed by atoms with Crippen LogP contribution in [0.2, 0.25) is 0 Å². The van der Waals surface area contributed by atoms with Crippen molar-refractivity contribution in [2.75, 3.05) is 11.9 Å². The lowest BCUT2D eigenvalue weighted by molar-refractivity contribution is 0.0953. The molecule has 4 heteroatoms. The van der Waals surface area contributed by atoms with Gasteiger partial charge in [-0.15, -0.1) is 0 Å². The number of rotatable bonds is 4. The summed E-state index contributed by atoms with van der Waals surface area (Å²) in [5.74, 6) is -0.0830. The van der Waals surface area contributed by atoms with Gasteiger partial charge in [0.15, 0.2) is 6.19 Å². The van der Waals surface area contributed by atoms with Crippen LogP contribution in [0.5, 0.6) is 0 Å². The number of hydrogen-bond acceptors (Lipinski definition) is 3. The average Bonchev–Trinajstić information content (AvgIpc) is 2.27. The van der Waals surface area contributed by atoms with E-state index < -0.39 is 0 Å². The number of nitrogens with one attached hydrogen (secondary N) is 2. The van der Waals surface area contributed by atoms with Gasteiger partial charge in [-0.2, -0.15) is 5.26 Å². The molecule has 0 heterocycles. The molecule has 0 radical (unpaired) electrons. The van der Waals surface area contributed by atoms with Gasteiger partial charge >= 0.3 is 0 Å². The Morgan fingerprint density at radius 3 is 2.60 bits per heavy atom. The van der Waals surface area contributed by atoms with Crippen molar-refractivity contribution in [1.29, 1.82) is 5.26 Å². The first-order chi connectivity index (χ1) is 7.27. The van der Waals surface area contributed by atoms with E-state index in [0.717, 1.165) is 6.42 Å². The summed E-state index contributed by atoms with van der Waals surface area (Å²) in [5.41, 5.74) is 1.29. The second-order valence-corrected chi connectivity index (χ2v) is 3.07. The van der Waals surface area contributed by atoms with E-state index in [4.69, 9.17) is 5.26 Å². The average molecular weight is 203 g/mol. The molecule has 0 saturated carbocycles. The molecular weight excluding hydrogens is 190 g/mol. The largest absolute Gasteiger partial charge is 0.352 e. The van der Waals surface area contributed by atoms with E-state index in [-0.39, 0.29) is 5.91 Å². The highest BCUT2D eigenvalue weighted by Gasteiger charge is 2.03. The van der Waals surface area contributed by atoms with Crippen LogP contribution in [0.3, 0.4) is 0 Å². The van der Waals surface area contributed by atoms with E-state index in [1.165, 1.54) is 0 Å². The SMILES string of the molecule is CCCNC(=O)c1ccc(NC#N)cc1. The molecule has 1 aromatic carbocycles. The minimum absolute atomic E-state index is 0.0830. The molecule has 1 aromatic rings. The molecule has 0 aliphatic rings. The molecule has 0 atom stereocenters. The topological polar surface area (TPSA) is 64.9 Å². The van der Waals surface area contributed by atoms with Gasteiger partial charge in [-0.3, -0.25) is 10.1 Å². The summed E-state index contributed by atoms with van der Waals surface area (Å²) in [7, 11) is 0. The second kappa shape index (κ2) is 5.66. The Morgan fingerprint density at radius 2 is 2.07 bits per heavy atom. The van der Waals surface area contributed by atoms with Gasteiger partial charge in [0, 0.05) is 17.8 Å². The molecule has 4 nitrogen and oxygen atoms in total. The molecule has 15 heavy (non-hydrogen) atoms. The fourth-order valence-electron chi connectivity index (χ4n) is 1.11. The molecule has 0 spiro atoms. The lowest BCUT2D eigenvalue weighted by Crippen LogP contribution is -2.23. The van der Waals surface area contributed by atoms with Gasteiger partial charge in [0.05, 0.1) is 0 Å². The van der Waals surface area contributed by atoms with Crippen molar-refractivity contribution in [2.24, 2.45) is 0 Å². The third-order valence-corrected chi connectivity index (χ3v) is 1.88. The fourth-order valence-corrected chi connectivity index (χ4v) is 1.11. The maximum absolute atomic E-state index is 11.5. The van der Waals surface area contributed by atoms with Crippen molar-refractivity contribution >= 4 is 11.6 Å². The molecule has 0 aliphatic heterocycles. The van der Waals surface area contributed by atoms with E-state index in [0.29, 0.717) is 17.8 Å². The van der Waals surface area contributed by atoms with Crippen LogP contribution in [0.15, 0.2) is 24.3 Å². The van der Waals surface area contributed by atoms with Crippen LogP contribution in [0.1, 0.15) is 23.7 Å². The molecular formula is C11H13N3O. The molecule has 0 bridgehead atoms. The number of anilines is 1. The number of nitrogens with zero attached hydrogens (tertiary/aromatic N) is 1. The van der Waals surface area contributed by atoms with E-state index >= 15 is 0 Å². The Balaban J connectivity index is 2.63. The molecule has 0 aromatic heterocycles. The molecule has 0 fully saturated rings. The highest BCUT2D eigenvalue weighted by molar-refractivity contribution is 5.94. The monoisotopic (exact) mass is 203 g/mol. The van der Waals surface area contributed by atoms with Crippen molar-refractivity contribution in [3.8, 4) is 6.19 Å². The van der Waals surface area contributed by atoms with Crippen LogP contribution in [0.25, 0.3) is 0 Å². The van der Waals surface area contributed by atoms with Crippen molar-refractivity contribution in [3.63, 3.8) is 0 Å². The highest BCUT2D eigenvalue weighted by Crippen LogP contribution is 2.08. The van der Waals surface area contributed by atoms with Gasteiger partial charge in [-0.25, -0.2) is 0 Å². The van der Waals surface area contributed by atoms with Crippen LogP contribution in [0, 0.1) is 11.5 Å². The van der Waals surface area contributed by atoms with E-state index in [9.17, 15) is 4.79 Å². The Bertz CT molecular complexity index is 364. The Labute approximate surface area is 88.9 Å². The Hall–Kier alpha value is -2.02. The highest BCUT2D eigenvalue weighted by atomic mass is 16.1. The third kappa shape index (κ3) is 3.31. The molecule has 2 N–H and O–H groups in total. The van der Waals surface area contributed by atoms with Crippen LogP contribution in [0.4, 0.5) is 5.69 Å². The normalized spacial score (nSPS) is 9.07. The van der Waals surface area contributed by atoms with Gasteiger partial charge in [0.25, 0.3) is 5.91 Å². The third-order valence-electron chi connectivity index (χ3n) is 1.88. The Morgan fingerprint density at radius 1 is 1.40 bits per heavy atom. The molecule has 0 unspecified atom stereocenters. The van der Waals surface area contributed by atoms with E-state index in [1.807, 2.05) is 13.1 Å². The molecule has 78 valence electrons. The summed E-state index contributed by atoms with van der Waals surface area (Å²) in [6, 6.07) is 6.77. The standard InChI is InChI=1S/C11H13N3O/c1-2-7-13-11(15)9-3-5-10(6-4-9)14-8-12/h3-6,14H,2,7H2,1H3,(H,13,15). The van der Waals surface area contributed by atoms with Gasteiger partial charge in [-0.05, 0) is 30.7 Å². The van der Waals surface area contributed by atoms with Crippen molar-refractivity contribution in [2.45, 2.75) is 13.3 Å². The van der Waals surface area contributed by atoms with Crippen LogP contribution < -0.4 is 10.6 Å².